The molecule has 1 aromatic rings. The zero-order chi connectivity index (χ0) is 16.9. The van der Waals surface area contributed by atoms with Crippen molar-refractivity contribution in [2.75, 3.05) is 0 Å². The van der Waals surface area contributed by atoms with Crippen molar-refractivity contribution in [1.29, 1.82) is 0 Å². The maximum absolute atomic E-state index is 12.9. The molecule has 7 heteroatoms. The molecule has 0 unspecified atom stereocenters. The lowest BCUT2D eigenvalue weighted by molar-refractivity contribution is -0.143. The van der Waals surface area contributed by atoms with Gasteiger partial charge in [0.2, 0.25) is 5.91 Å². The number of alkyl halides is 3. The van der Waals surface area contributed by atoms with E-state index in [0.29, 0.717) is 0 Å². The number of carbonyl (C=O) groups is 2. The van der Waals surface area contributed by atoms with Crippen LogP contribution in [0.25, 0.3) is 0 Å². The smallest absolute Gasteiger partial charge is 0.416 e. The Morgan fingerprint density at radius 3 is 2.32 bits per heavy atom. The second-order valence-electron chi connectivity index (χ2n) is 5.42. The summed E-state index contributed by atoms with van der Waals surface area (Å²) in [5.74, 6) is -1.84. The van der Waals surface area contributed by atoms with Crippen LogP contribution >= 0.6 is 0 Å². The number of carboxylic acid groups (broad SMARTS) is 1. The summed E-state index contributed by atoms with van der Waals surface area (Å²) >= 11 is 0. The van der Waals surface area contributed by atoms with Gasteiger partial charge in [-0.05, 0) is 17.5 Å². The van der Waals surface area contributed by atoms with E-state index in [1.54, 1.807) is 13.8 Å². The molecule has 1 amide bonds. The predicted octanol–water partition coefficient (Wildman–Crippen LogP) is 2.86. The Kier molecular flexibility index (Phi) is 5.96. The lowest BCUT2D eigenvalue weighted by Gasteiger charge is -2.18. The molecule has 0 spiro atoms. The topological polar surface area (TPSA) is 66.4 Å². The van der Waals surface area contributed by atoms with Crippen molar-refractivity contribution in [3.8, 4) is 0 Å². The second kappa shape index (κ2) is 7.29. The molecule has 4 nitrogen and oxygen atoms in total. The summed E-state index contributed by atoms with van der Waals surface area (Å²) < 4.78 is 38.7. The molecule has 1 rings (SSSR count). The number of benzene rings is 1. The van der Waals surface area contributed by atoms with Crippen LogP contribution in [-0.4, -0.2) is 23.0 Å². The first kappa shape index (κ1) is 18.0. The van der Waals surface area contributed by atoms with Crippen molar-refractivity contribution in [1.82, 2.24) is 5.32 Å². The maximum Gasteiger partial charge on any atom is 0.416 e. The van der Waals surface area contributed by atoms with Gasteiger partial charge in [-0.1, -0.05) is 32.0 Å². The molecule has 122 valence electrons. The Balaban J connectivity index is 2.93. The largest absolute Gasteiger partial charge is 0.480 e. The van der Waals surface area contributed by atoms with E-state index in [0.717, 1.165) is 6.07 Å². The predicted molar refractivity (Wildman–Crippen MR) is 74.2 cm³/mol. The van der Waals surface area contributed by atoms with Gasteiger partial charge in [0.25, 0.3) is 0 Å². The summed E-state index contributed by atoms with van der Waals surface area (Å²) in [6, 6.07) is 3.35. The third kappa shape index (κ3) is 5.38. The van der Waals surface area contributed by atoms with Crippen LogP contribution in [0.2, 0.25) is 0 Å². The number of halogens is 3. The van der Waals surface area contributed by atoms with E-state index in [4.69, 9.17) is 5.11 Å². The molecule has 0 fully saturated rings. The molecule has 1 atom stereocenters. The van der Waals surface area contributed by atoms with Crippen molar-refractivity contribution in [3.05, 3.63) is 35.4 Å². The zero-order valence-electron chi connectivity index (χ0n) is 12.3. The first-order valence-electron chi connectivity index (χ1n) is 6.78. The van der Waals surface area contributed by atoms with Gasteiger partial charge in [0.1, 0.15) is 6.04 Å². The van der Waals surface area contributed by atoms with Gasteiger partial charge < -0.3 is 10.4 Å². The van der Waals surface area contributed by atoms with E-state index in [1.807, 2.05) is 0 Å². The molecule has 0 aliphatic carbocycles. The van der Waals surface area contributed by atoms with Crippen molar-refractivity contribution in [2.45, 2.75) is 38.9 Å². The molecule has 0 aliphatic heterocycles. The Morgan fingerprint density at radius 2 is 1.82 bits per heavy atom. The van der Waals surface area contributed by atoms with Gasteiger partial charge in [0.15, 0.2) is 0 Å². The number of carboxylic acids is 1. The second-order valence-corrected chi connectivity index (χ2v) is 5.42. The summed E-state index contributed by atoms with van der Waals surface area (Å²) in [6.45, 7) is 3.57. The lowest BCUT2D eigenvalue weighted by atomic mass is 9.99. The first-order chi connectivity index (χ1) is 10.1. The van der Waals surface area contributed by atoms with Gasteiger partial charge in [-0.3, -0.25) is 4.79 Å². The monoisotopic (exact) mass is 317 g/mol. The summed E-state index contributed by atoms with van der Waals surface area (Å²) in [7, 11) is 0. The van der Waals surface area contributed by atoms with E-state index in [2.05, 4.69) is 5.32 Å². The Morgan fingerprint density at radius 1 is 1.23 bits per heavy atom. The van der Waals surface area contributed by atoms with Crippen LogP contribution in [-0.2, 0) is 22.2 Å². The summed E-state index contributed by atoms with van der Waals surface area (Å²) in [4.78, 5) is 22.8. The van der Waals surface area contributed by atoms with Crippen molar-refractivity contribution >= 4 is 11.9 Å². The van der Waals surface area contributed by atoms with Crippen LogP contribution in [0.3, 0.4) is 0 Å². The lowest BCUT2D eigenvalue weighted by Crippen LogP contribution is -2.43. The standard InChI is InChI=1S/C15H18F3NO3/c1-9(2)7-13(20)19-12(14(21)22)8-10-5-3-4-6-11(10)15(16,17)18/h3-6,9,12H,7-8H2,1-2H3,(H,19,20)(H,21,22)/t12-/m0/s1. The summed E-state index contributed by atoms with van der Waals surface area (Å²) in [6.07, 6.45) is -4.87. The Hall–Kier alpha value is -2.05. The average molecular weight is 317 g/mol. The van der Waals surface area contributed by atoms with Gasteiger partial charge >= 0.3 is 12.1 Å². The highest BCUT2D eigenvalue weighted by atomic mass is 19.4. The average Bonchev–Trinajstić information content (AvgIpc) is 2.36. The van der Waals surface area contributed by atoms with Crippen LogP contribution in [0.4, 0.5) is 13.2 Å². The molecule has 0 aliphatic rings. The third-order valence-corrected chi connectivity index (χ3v) is 2.97. The number of aliphatic carboxylic acids is 1. The van der Waals surface area contributed by atoms with Gasteiger partial charge in [0.05, 0.1) is 5.56 Å². The van der Waals surface area contributed by atoms with Crippen molar-refractivity contribution < 1.29 is 27.9 Å². The minimum atomic E-state index is -4.57. The number of amides is 1. The summed E-state index contributed by atoms with van der Waals surface area (Å²) in [5.41, 5.74) is -1.05. The van der Waals surface area contributed by atoms with Crippen LogP contribution in [0.5, 0.6) is 0 Å². The van der Waals surface area contributed by atoms with Gasteiger partial charge in [-0.25, -0.2) is 4.79 Å². The van der Waals surface area contributed by atoms with E-state index in [-0.39, 0.29) is 17.9 Å². The Bertz CT molecular complexity index is 541. The van der Waals surface area contributed by atoms with E-state index >= 15 is 0 Å². The van der Waals surface area contributed by atoms with Gasteiger partial charge in [-0.2, -0.15) is 13.2 Å². The molecule has 22 heavy (non-hydrogen) atoms. The number of nitrogens with one attached hydrogen (secondary N) is 1. The molecular weight excluding hydrogens is 299 g/mol. The fraction of sp³-hybridized carbons (Fsp3) is 0.467. The summed E-state index contributed by atoms with van der Waals surface area (Å²) in [5, 5.41) is 11.4. The molecule has 1 aromatic carbocycles. The van der Waals surface area contributed by atoms with Crippen LogP contribution < -0.4 is 5.32 Å². The Labute approximate surface area is 126 Å². The minimum Gasteiger partial charge on any atom is -0.480 e. The van der Waals surface area contributed by atoms with E-state index < -0.39 is 36.1 Å². The number of hydrogen-bond donors (Lipinski definition) is 2. The van der Waals surface area contributed by atoms with Gasteiger partial charge in [0, 0.05) is 12.8 Å². The maximum atomic E-state index is 12.9. The fourth-order valence-corrected chi connectivity index (χ4v) is 2.02. The van der Waals surface area contributed by atoms with E-state index in [1.165, 1.54) is 18.2 Å². The van der Waals surface area contributed by atoms with Gasteiger partial charge in [-0.15, -0.1) is 0 Å². The normalized spacial score (nSPS) is 13.0. The van der Waals surface area contributed by atoms with Crippen LogP contribution in [0.1, 0.15) is 31.4 Å². The molecule has 0 bridgehead atoms. The number of carbonyl (C=O) groups excluding carboxylic acids is 1. The molecule has 0 radical (unpaired) electrons. The fourth-order valence-electron chi connectivity index (χ4n) is 2.02. The molecule has 0 heterocycles. The zero-order valence-corrected chi connectivity index (χ0v) is 12.3. The third-order valence-electron chi connectivity index (χ3n) is 2.97. The minimum absolute atomic E-state index is 0.0249. The number of hydrogen-bond acceptors (Lipinski definition) is 2. The molecule has 0 saturated carbocycles. The molecule has 2 N–H and O–H groups in total. The highest BCUT2D eigenvalue weighted by molar-refractivity contribution is 5.83. The molecule has 0 saturated heterocycles. The van der Waals surface area contributed by atoms with Crippen molar-refractivity contribution in [3.63, 3.8) is 0 Å². The van der Waals surface area contributed by atoms with Crippen LogP contribution in [0, 0.1) is 5.92 Å². The molecule has 0 aromatic heterocycles. The van der Waals surface area contributed by atoms with Crippen molar-refractivity contribution in [2.24, 2.45) is 5.92 Å². The molecular formula is C15H18F3NO3. The van der Waals surface area contributed by atoms with Crippen LogP contribution in [0.15, 0.2) is 24.3 Å². The first-order valence-corrected chi connectivity index (χ1v) is 6.78. The quantitative estimate of drug-likeness (QED) is 0.848. The highest BCUT2D eigenvalue weighted by Gasteiger charge is 2.34. The number of rotatable bonds is 6. The SMILES string of the molecule is CC(C)CC(=O)N[C@@H](Cc1ccccc1C(F)(F)F)C(=O)O. The highest BCUT2D eigenvalue weighted by Crippen LogP contribution is 2.32. The van der Waals surface area contributed by atoms with E-state index in [9.17, 15) is 22.8 Å².